The van der Waals surface area contributed by atoms with Crippen molar-refractivity contribution in [2.45, 2.75) is 122 Å². The highest BCUT2D eigenvalue weighted by atomic mass is 19.2. The third-order valence-corrected chi connectivity index (χ3v) is 14.5. The van der Waals surface area contributed by atoms with E-state index in [1.165, 1.54) is 6.07 Å². The topological polar surface area (TPSA) is 104 Å². The molecule has 6 atom stereocenters. The molecule has 1 amide bonds. The summed E-state index contributed by atoms with van der Waals surface area (Å²) in [5.41, 5.74) is -1.54. The molecule has 2 N–H and O–H groups in total. The lowest BCUT2D eigenvalue weighted by molar-refractivity contribution is -0.178. The monoisotopic (exact) mass is 753 g/mol. The number of esters is 1. The van der Waals surface area contributed by atoms with Crippen LogP contribution in [0.3, 0.4) is 0 Å². The molecule has 0 aromatic heterocycles. The van der Waals surface area contributed by atoms with Gasteiger partial charge in [0.2, 0.25) is 0 Å². The predicted octanol–water partition coefficient (Wildman–Crippen LogP) is 8.39. The molecule has 1 heterocycles. The second kappa shape index (κ2) is 14.1. The molecule has 0 unspecified atom stereocenters. The van der Waals surface area contributed by atoms with Gasteiger partial charge in [-0.1, -0.05) is 74.9 Å². The average molecular weight is 754 g/mol. The SMILES string of the molecule is CC1=CCC[C@@]2(C)[C@@H](CC[C@@]2(O)CN(Cc2ccccc2)C(=O)[C@@]23CC[C@@](C)(C(=O)O2)C3(C)C)c2ccc(cc2C(=O)c2ccc(F)c(F)c2)C[C@@H](O)CC1. The van der Waals surface area contributed by atoms with Crippen molar-refractivity contribution in [1.29, 1.82) is 0 Å². The van der Waals surface area contributed by atoms with Crippen molar-refractivity contribution in [3.63, 3.8) is 0 Å². The quantitative estimate of drug-likeness (QED) is 0.143. The van der Waals surface area contributed by atoms with Gasteiger partial charge >= 0.3 is 5.97 Å². The molecule has 4 bridgehead atoms. The number of amides is 1. The molecule has 7 nitrogen and oxygen atoms in total. The zero-order valence-corrected chi connectivity index (χ0v) is 32.6. The van der Waals surface area contributed by atoms with Gasteiger partial charge in [-0.05, 0) is 119 Å². The Morgan fingerprint density at radius 3 is 2.33 bits per heavy atom. The van der Waals surface area contributed by atoms with Crippen LogP contribution in [-0.4, -0.2) is 56.6 Å². The number of carbonyl (C=O) groups is 3. The summed E-state index contributed by atoms with van der Waals surface area (Å²) in [5, 5.41) is 24.2. The molecule has 9 heteroatoms. The van der Waals surface area contributed by atoms with Gasteiger partial charge in [0, 0.05) is 28.5 Å². The third-order valence-electron chi connectivity index (χ3n) is 14.5. The van der Waals surface area contributed by atoms with E-state index in [4.69, 9.17) is 4.74 Å². The van der Waals surface area contributed by atoms with Gasteiger partial charge in [-0.25, -0.2) is 8.78 Å². The highest BCUT2D eigenvalue weighted by Gasteiger charge is 2.76. The molecule has 8 rings (SSSR count). The second-order valence-corrected chi connectivity index (χ2v) is 17.7. The Kier molecular flexibility index (Phi) is 9.99. The van der Waals surface area contributed by atoms with E-state index < -0.39 is 51.0 Å². The van der Waals surface area contributed by atoms with Crippen LogP contribution in [0.4, 0.5) is 8.78 Å². The predicted molar refractivity (Wildman–Crippen MR) is 205 cm³/mol. The maximum absolute atomic E-state index is 15.1. The molecule has 1 saturated heterocycles. The Morgan fingerprint density at radius 2 is 1.65 bits per heavy atom. The fourth-order valence-electron chi connectivity index (χ4n) is 10.3. The molecule has 55 heavy (non-hydrogen) atoms. The summed E-state index contributed by atoms with van der Waals surface area (Å²) < 4.78 is 34.6. The number of ether oxygens (including phenoxy) is 1. The number of rotatable bonds is 7. The maximum atomic E-state index is 15.1. The van der Waals surface area contributed by atoms with Gasteiger partial charge in [0.05, 0.1) is 23.7 Å². The van der Waals surface area contributed by atoms with Crippen LogP contribution in [0.1, 0.15) is 125 Å². The van der Waals surface area contributed by atoms with E-state index in [1.807, 2.05) is 77.1 Å². The van der Waals surface area contributed by atoms with E-state index in [0.29, 0.717) is 68.9 Å². The highest BCUT2D eigenvalue weighted by molar-refractivity contribution is 6.10. The standard InChI is InChI=1S/C46H53F2NO6/c1-29-10-9-20-43(4)36(34-17-14-31(24-33(50)16-13-29)25-35(34)39(51)32-15-18-37(47)38(48)26-32)19-21-45(43,54)28-49(27-30-11-7-6-8-12-30)40(52)46-23-22-44(5,41(53)55-46)42(46,2)3/h6-8,10-12,14-15,17-18,25-26,33,36,50,54H,9,13,16,19-24,27-28H2,1-5H3/t33-,36-,43-,44-,45+,46+/m0/s1. The Balaban J connectivity index is 1.33. The first kappa shape index (κ1) is 39.0. The molecule has 4 aliphatic carbocycles. The number of aliphatic hydroxyl groups is 2. The molecule has 3 aromatic carbocycles. The first-order chi connectivity index (χ1) is 25.9. The van der Waals surface area contributed by atoms with E-state index in [1.54, 1.807) is 11.0 Å². The van der Waals surface area contributed by atoms with Crippen molar-refractivity contribution in [1.82, 2.24) is 4.90 Å². The maximum Gasteiger partial charge on any atom is 0.313 e. The smallest absolute Gasteiger partial charge is 0.313 e. The van der Waals surface area contributed by atoms with E-state index in [0.717, 1.165) is 28.8 Å². The van der Waals surface area contributed by atoms with Crippen LogP contribution in [0.5, 0.6) is 0 Å². The molecule has 5 aliphatic rings. The van der Waals surface area contributed by atoms with Crippen LogP contribution < -0.4 is 0 Å². The minimum absolute atomic E-state index is 0.00339. The Bertz CT molecular complexity index is 2050. The minimum atomic E-state index is -1.44. The molecule has 0 radical (unpaired) electrons. The number of halogens is 2. The molecular weight excluding hydrogens is 701 g/mol. The van der Waals surface area contributed by atoms with Crippen LogP contribution >= 0.6 is 0 Å². The Morgan fingerprint density at radius 1 is 0.909 bits per heavy atom. The fourth-order valence-corrected chi connectivity index (χ4v) is 10.3. The van der Waals surface area contributed by atoms with Crippen molar-refractivity contribution in [2.24, 2.45) is 16.2 Å². The van der Waals surface area contributed by atoms with Crippen LogP contribution in [0, 0.1) is 27.9 Å². The van der Waals surface area contributed by atoms with Crippen molar-refractivity contribution in [2.75, 3.05) is 6.54 Å². The number of hydrogen-bond acceptors (Lipinski definition) is 6. The summed E-state index contributed by atoms with van der Waals surface area (Å²) >= 11 is 0. The first-order valence-corrected chi connectivity index (χ1v) is 19.7. The van der Waals surface area contributed by atoms with Gasteiger partial charge < -0.3 is 19.8 Å². The van der Waals surface area contributed by atoms with Gasteiger partial charge in [0.15, 0.2) is 23.0 Å². The van der Waals surface area contributed by atoms with Gasteiger partial charge in [0.1, 0.15) is 0 Å². The van der Waals surface area contributed by atoms with E-state index in [-0.39, 0.29) is 36.4 Å². The van der Waals surface area contributed by atoms with Crippen LogP contribution in [0.2, 0.25) is 0 Å². The summed E-state index contributed by atoms with van der Waals surface area (Å²) in [4.78, 5) is 44.5. The molecular formula is C46H53F2NO6. The number of fused-ring (bicyclic) bond motifs is 10. The zero-order chi connectivity index (χ0) is 39.6. The molecule has 2 saturated carbocycles. The Labute approximate surface area is 322 Å². The molecule has 3 fully saturated rings. The number of carbonyl (C=O) groups excluding carboxylic acids is 3. The van der Waals surface area contributed by atoms with Crippen molar-refractivity contribution < 1.29 is 38.1 Å². The number of ketones is 1. The number of nitrogens with zero attached hydrogens (tertiary/aromatic N) is 1. The third kappa shape index (κ3) is 6.35. The summed E-state index contributed by atoms with van der Waals surface area (Å²) in [6.45, 7) is 10.0. The summed E-state index contributed by atoms with van der Waals surface area (Å²) in [5.74, 6) is -3.69. The van der Waals surface area contributed by atoms with Crippen LogP contribution in [0.15, 0.2) is 78.4 Å². The van der Waals surface area contributed by atoms with E-state index >= 15 is 4.79 Å². The van der Waals surface area contributed by atoms with Crippen LogP contribution in [0.25, 0.3) is 0 Å². The highest BCUT2D eigenvalue weighted by Crippen LogP contribution is 2.66. The van der Waals surface area contributed by atoms with Gasteiger partial charge in [0.25, 0.3) is 5.91 Å². The lowest BCUT2D eigenvalue weighted by Gasteiger charge is -2.47. The Hall–Kier alpha value is -4.21. The average Bonchev–Trinajstić information content (AvgIpc) is 3.58. The fraction of sp³-hybridized carbons (Fsp3) is 0.500. The molecule has 1 aliphatic heterocycles. The van der Waals surface area contributed by atoms with Crippen molar-refractivity contribution in [3.05, 3.63) is 118 Å². The first-order valence-electron chi connectivity index (χ1n) is 19.7. The zero-order valence-electron chi connectivity index (χ0n) is 32.6. The van der Waals surface area contributed by atoms with Gasteiger partial charge in [-0.3, -0.25) is 14.4 Å². The number of benzene rings is 3. The van der Waals surface area contributed by atoms with E-state index in [9.17, 15) is 28.6 Å². The molecule has 292 valence electrons. The number of hydrogen-bond donors (Lipinski definition) is 2. The number of aliphatic hydroxyl groups excluding tert-OH is 1. The lowest BCUT2D eigenvalue weighted by atomic mass is 9.64. The van der Waals surface area contributed by atoms with Crippen molar-refractivity contribution >= 4 is 17.7 Å². The minimum Gasteiger partial charge on any atom is -0.448 e. The van der Waals surface area contributed by atoms with Gasteiger partial charge in [-0.2, -0.15) is 0 Å². The van der Waals surface area contributed by atoms with E-state index in [2.05, 4.69) is 6.08 Å². The summed E-state index contributed by atoms with van der Waals surface area (Å²) in [6.07, 6.45) is 5.91. The summed E-state index contributed by atoms with van der Waals surface area (Å²) in [6, 6.07) is 18.3. The molecule has 0 spiro atoms. The van der Waals surface area contributed by atoms with Crippen LogP contribution in [-0.2, 0) is 27.3 Å². The largest absolute Gasteiger partial charge is 0.448 e. The number of allylic oxidation sites excluding steroid dienone is 2. The second-order valence-electron chi connectivity index (χ2n) is 17.7. The molecule has 3 aromatic rings. The van der Waals surface area contributed by atoms with Gasteiger partial charge in [-0.15, -0.1) is 0 Å². The lowest BCUT2D eigenvalue weighted by Crippen LogP contribution is -2.60. The van der Waals surface area contributed by atoms with Crippen molar-refractivity contribution in [3.8, 4) is 0 Å². The normalized spacial score (nSPS) is 31.4. The summed E-state index contributed by atoms with van der Waals surface area (Å²) in [7, 11) is 0.